The van der Waals surface area contributed by atoms with Gasteiger partial charge in [0.2, 0.25) is 23.6 Å². The fraction of sp³-hybridized carbons (Fsp3) is 0.737. The summed E-state index contributed by atoms with van der Waals surface area (Å²) >= 11 is 0. The van der Waals surface area contributed by atoms with Gasteiger partial charge < -0.3 is 36.1 Å². The average molecular weight is 454 g/mol. The fourth-order valence-electron chi connectivity index (χ4n) is 3.93. The SMILES string of the molecule is CC(=O)N[C@H](C(=O)N[C@H](C(=O)NCC(=O)N[C@H]1CCC(=O)OB1O)[C@@H](C)O)C1CCCC1. The van der Waals surface area contributed by atoms with Crippen LogP contribution < -0.4 is 21.3 Å². The second kappa shape index (κ2) is 11.8. The van der Waals surface area contributed by atoms with Gasteiger partial charge in [0, 0.05) is 13.3 Å². The number of hydrogen-bond donors (Lipinski definition) is 6. The van der Waals surface area contributed by atoms with Crippen LogP contribution in [0, 0.1) is 5.92 Å². The summed E-state index contributed by atoms with van der Waals surface area (Å²) in [4.78, 5) is 60.0. The Kier molecular flexibility index (Phi) is 9.45. The van der Waals surface area contributed by atoms with Crippen molar-refractivity contribution in [3.63, 3.8) is 0 Å². The molecule has 0 aromatic heterocycles. The van der Waals surface area contributed by atoms with E-state index < -0.39 is 61.5 Å². The van der Waals surface area contributed by atoms with Crippen LogP contribution in [-0.4, -0.2) is 77.5 Å². The van der Waals surface area contributed by atoms with E-state index in [2.05, 4.69) is 25.9 Å². The number of hydrogen-bond acceptors (Lipinski definition) is 8. The first kappa shape index (κ1) is 25.6. The van der Waals surface area contributed by atoms with E-state index in [4.69, 9.17) is 0 Å². The molecule has 1 aliphatic carbocycles. The second-order valence-corrected chi connectivity index (χ2v) is 8.26. The smallest absolute Gasteiger partial charge is 0.508 e. The molecule has 1 saturated heterocycles. The molecule has 4 amide bonds. The molecule has 0 spiro atoms. The average Bonchev–Trinajstić information content (AvgIpc) is 3.24. The molecule has 0 bridgehead atoms. The molecule has 0 aromatic rings. The number of aliphatic hydroxyl groups is 1. The van der Waals surface area contributed by atoms with Gasteiger partial charge in [-0.3, -0.25) is 24.0 Å². The minimum Gasteiger partial charge on any atom is -0.508 e. The van der Waals surface area contributed by atoms with Crippen LogP contribution in [0.4, 0.5) is 0 Å². The van der Waals surface area contributed by atoms with Crippen molar-refractivity contribution in [2.24, 2.45) is 5.92 Å². The molecule has 178 valence electrons. The van der Waals surface area contributed by atoms with Crippen LogP contribution in [0.2, 0.25) is 0 Å². The van der Waals surface area contributed by atoms with Crippen LogP contribution >= 0.6 is 0 Å². The van der Waals surface area contributed by atoms with E-state index in [1.54, 1.807) is 0 Å². The Hall–Kier alpha value is -2.67. The highest BCUT2D eigenvalue weighted by atomic mass is 16.6. The molecule has 1 saturated carbocycles. The molecule has 1 aliphatic heterocycles. The Bertz CT molecular complexity index is 728. The summed E-state index contributed by atoms with van der Waals surface area (Å²) in [5, 5.41) is 29.5. The number of aliphatic hydroxyl groups excluding tert-OH is 1. The minimum atomic E-state index is -1.47. The summed E-state index contributed by atoms with van der Waals surface area (Å²) in [7, 11) is -1.47. The highest BCUT2D eigenvalue weighted by molar-refractivity contribution is 6.48. The quantitative estimate of drug-likeness (QED) is 0.207. The molecule has 12 nitrogen and oxygen atoms in total. The predicted octanol–water partition coefficient (Wildman–Crippen LogP) is -2.50. The van der Waals surface area contributed by atoms with E-state index in [1.165, 1.54) is 13.8 Å². The molecular formula is C19H31BN4O8. The fourth-order valence-corrected chi connectivity index (χ4v) is 3.93. The van der Waals surface area contributed by atoms with E-state index >= 15 is 0 Å². The lowest BCUT2D eigenvalue weighted by Gasteiger charge is -2.27. The molecular weight excluding hydrogens is 423 g/mol. The summed E-state index contributed by atoms with van der Waals surface area (Å²) in [6.45, 7) is 2.14. The topological polar surface area (TPSA) is 183 Å². The van der Waals surface area contributed by atoms with E-state index in [0.29, 0.717) is 0 Å². The van der Waals surface area contributed by atoms with Gasteiger partial charge in [-0.1, -0.05) is 12.8 Å². The predicted molar refractivity (Wildman–Crippen MR) is 111 cm³/mol. The van der Waals surface area contributed by atoms with Crippen LogP contribution in [0.15, 0.2) is 0 Å². The third-order valence-corrected chi connectivity index (χ3v) is 5.60. The van der Waals surface area contributed by atoms with Crippen molar-refractivity contribution >= 4 is 36.7 Å². The Morgan fingerprint density at radius 2 is 1.78 bits per heavy atom. The van der Waals surface area contributed by atoms with Gasteiger partial charge in [-0.2, -0.15) is 0 Å². The van der Waals surface area contributed by atoms with Crippen molar-refractivity contribution in [2.75, 3.05) is 6.54 Å². The zero-order chi connectivity index (χ0) is 23.8. The number of amides is 4. The molecule has 0 radical (unpaired) electrons. The zero-order valence-electron chi connectivity index (χ0n) is 18.3. The van der Waals surface area contributed by atoms with Crippen molar-refractivity contribution in [3.05, 3.63) is 0 Å². The maximum atomic E-state index is 12.8. The molecule has 2 aliphatic rings. The van der Waals surface area contributed by atoms with E-state index in [1.807, 2.05) is 0 Å². The Balaban J connectivity index is 1.90. The van der Waals surface area contributed by atoms with Crippen molar-refractivity contribution in [1.82, 2.24) is 21.3 Å². The third kappa shape index (κ3) is 7.48. The summed E-state index contributed by atoms with van der Waals surface area (Å²) in [5.41, 5.74) is 0. The van der Waals surface area contributed by atoms with Crippen molar-refractivity contribution in [1.29, 1.82) is 0 Å². The second-order valence-electron chi connectivity index (χ2n) is 8.26. The van der Waals surface area contributed by atoms with E-state index in [0.717, 1.165) is 25.7 Å². The first-order valence-corrected chi connectivity index (χ1v) is 10.8. The van der Waals surface area contributed by atoms with Gasteiger partial charge in [0.05, 0.1) is 18.6 Å². The molecule has 0 unspecified atom stereocenters. The van der Waals surface area contributed by atoms with Crippen LogP contribution in [0.5, 0.6) is 0 Å². The Labute approximate surface area is 186 Å². The van der Waals surface area contributed by atoms with Crippen LogP contribution in [0.1, 0.15) is 52.4 Å². The first-order chi connectivity index (χ1) is 15.1. The van der Waals surface area contributed by atoms with Crippen LogP contribution in [0.25, 0.3) is 0 Å². The Morgan fingerprint density at radius 1 is 1.12 bits per heavy atom. The van der Waals surface area contributed by atoms with Gasteiger partial charge in [-0.15, -0.1) is 0 Å². The molecule has 1 heterocycles. The molecule has 0 aromatic carbocycles. The third-order valence-electron chi connectivity index (χ3n) is 5.60. The minimum absolute atomic E-state index is 0.0426. The Morgan fingerprint density at radius 3 is 2.34 bits per heavy atom. The lowest BCUT2D eigenvalue weighted by molar-refractivity contribution is -0.138. The largest absolute Gasteiger partial charge is 0.548 e. The maximum absolute atomic E-state index is 12.8. The lowest BCUT2D eigenvalue weighted by atomic mass is 9.74. The first-order valence-electron chi connectivity index (χ1n) is 10.8. The number of rotatable bonds is 9. The van der Waals surface area contributed by atoms with E-state index in [-0.39, 0.29) is 24.7 Å². The normalized spacial score (nSPS) is 21.7. The van der Waals surface area contributed by atoms with Gasteiger partial charge in [0.15, 0.2) is 0 Å². The highest BCUT2D eigenvalue weighted by Gasteiger charge is 2.37. The van der Waals surface area contributed by atoms with Crippen molar-refractivity contribution < 1.29 is 38.8 Å². The van der Waals surface area contributed by atoms with E-state index in [9.17, 15) is 34.1 Å². The maximum Gasteiger partial charge on any atom is 0.548 e. The van der Waals surface area contributed by atoms with Gasteiger partial charge in [0.1, 0.15) is 12.1 Å². The van der Waals surface area contributed by atoms with Gasteiger partial charge in [-0.25, -0.2) is 0 Å². The number of carbonyl (C=O) groups is 5. The van der Waals surface area contributed by atoms with Crippen LogP contribution in [0.3, 0.4) is 0 Å². The highest BCUT2D eigenvalue weighted by Crippen LogP contribution is 2.28. The van der Waals surface area contributed by atoms with Gasteiger partial charge in [0.25, 0.3) is 5.97 Å². The van der Waals surface area contributed by atoms with Crippen molar-refractivity contribution in [2.45, 2.75) is 76.5 Å². The lowest BCUT2D eigenvalue weighted by Crippen LogP contribution is -2.59. The molecule has 2 rings (SSSR count). The van der Waals surface area contributed by atoms with Crippen molar-refractivity contribution in [3.8, 4) is 0 Å². The number of carbonyl (C=O) groups excluding carboxylic acids is 5. The van der Waals surface area contributed by atoms with Gasteiger partial charge in [-0.05, 0) is 32.1 Å². The summed E-state index contributed by atoms with van der Waals surface area (Å²) in [6.07, 6.45) is 2.40. The van der Waals surface area contributed by atoms with Gasteiger partial charge >= 0.3 is 7.12 Å². The summed E-state index contributed by atoms with van der Waals surface area (Å²) in [5.74, 6) is -3.80. The monoisotopic (exact) mass is 454 g/mol. The summed E-state index contributed by atoms with van der Waals surface area (Å²) in [6, 6.07) is -2.16. The molecule has 6 N–H and O–H groups in total. The molecule has 13 heteroatoms. The molecule has 4 atom stereocenters. The molecule has 32 heavy (non-hydrogen) atoms. The van der Waals surface area contributed by atoms with Crippen LogP contribution in [-0.2, 0) is 28.6 Å². The number of nitrogens with one attached hydrogen (secondary N) is 4. The summed E-state index contributed by atoms with van der Waals surface area (Å²) < 4.78 is 4.63. The zero-order valence-corrected chi connectivity index (χ0v) is 18.3. The molecule has 2 fully saturated rings. The standard InChI is InChI=1S/C19H31BN4O8/c1-10(25)16(24-19(30)17(22-11(2)26)12-5-3-4-6-12)18(29)21-9-14(27)23-13-7-8-15(28)32-20(13)31/h10,12-13,16-17,25,31H,3-9H2,1-2H3,(H,21,29)(H,22,26)(H,23,27)(H,24,30)/t10-,13+,16+,17+/m1/s1.